The molecule has 0 radical (unpaired) electrons. The molecule has 0 fully saturated rings. The molecule has 1 unspecified atom stereocenters. The number of nitrogens with one attached hydrogen (secondary N) is 1. The third-order valence-electron chi connectivity index (χ3n) is 1.07. The van der Waals surface area contributed by atoms with Crippen molar-refractivity contribution in [2.24, 2.45) is 0 Å². The highest BCUT2D eigenvalue weighted by molar-refractivity contribution is 5.74. The second kappa shape index (κ2) is 3.75. The molecule has 0 aliphatic rings. The van der Waals surface area contributed by atoms with Crippen LogP contribution in [0, 0.1) is 0 Å². The summed E-state index contributed by atoms with van der Waals surface area (Å²) in [6.07, 6.45) is -4.74. The second-order valence-corrected chi connectivity index (χ2v) is 2.63. The Labute approximate surface area is 67.6 Å². The number of carboxylic acid groups (broad SMARTS) is 1. The fourth-order valence-corrected chi connectivity index (χ4v) is 0.639. The number of carboxylic acids is 1. The van der Waals surface area contributed by atoms with Gasteiger partial charge >= 0.3 is 12.1 Å². The van der Waals surface area contributed by atoms with E-state index in [1.807, 2.05) is 5.32 Å². The first-order valence-corrected chi connectivity index (χ1v) is 3.30. The zero-order valence-corrected chi connectivity index (χ0v) is 6.64. The normalized spacial score (nSPS) is 14.8. The predicted octanol–water partition coefficient (Wildman–Crippen LogP) is 1.000. The van der Waals surface area contributed by atoms with E-state index in [0.29, 0.717) is 0 Å². The molecule has 0 saturated carbocycles. The van der Waals surface area contributed by atoms with Gasteiger partial charge in [-0.3, -0.25) is 10.1 Å². The SMILES string of the molecule is CC(C)NC(C(=O)O)C(F)(F)F. The van der Waals surface area contributed by atoms with Crippen molar-refractivity contribution in [3.05, 3.63) is 0 Å². The maximum absolute atomic E-state index is 11.9. The lowest BCUT2D eigenvalue weighted by molar-refractivity contribution is -0.180. The summed E-state index contributed by atoms with van der Waals surface area (Å²) < 4.78 is 35.7. The third-order valence-corrected chi connectivity index (χ3v) is 1.07. The molecule has 0 aromatic rings. The van der Waals surface area contributed by atoms with Crippen LogP contribution >= 0.6 is 0 Å². The Hall–Kier alpha value is -0.780. The topological polar surface area (TPSA) is 49.3 Å². The number of hydrogen-bond acceptors (Lipinski definition) is 2. The van der Waals surface area contributed by atoms with Gasteiger partial charge in [-0.15, -0.1) is 0 Å². The number of hydrogen-bond donors (Lipinski definition) is 2. The summed E-state index contributed by atoms with van der Waals surface area (Å²) in [4.78, 5) is 10.1. The minimum atomic E-state index is -4.74. The molecule has 0 heterocycles. The first-order valence-electron chi connectivity index (χ1n) is 3.30. The molecule has 3 nitrogen and oxygen atoms in total. The Balaban J connectivity index is 4.35. The fourth-order valence-electron chi connectivity index (χ4n) is 0.639. The highest BCUT2D eigenvalue weighted by Gasteiger charge is 2.45. The van der Waals surface area contributed by atoms with Gasteiger partial charge in [-0.05, 0) is 0 Å². The van der Waals surface area contributed by atoms with Crippen molar-refractivity contribution in [1.82, 2.24) is 5.32 Å². The highest BCUT2D eigenvalue weighted by atomic mass is 19.4. The predicted molar refractivity (Wildman–Crippen MR) is 35.8 cm³/mol. The smallest absolute Gasteiger partial charge is 0.414 e. The van der Waals surface area contributed by atoms with Crippen LogP contribution in [0.4, 0.5) is 13.2 Å². The van der Waals surface area contributed by atoms with Crippen molar-refractivity contribution in [2.75, 3.05) is 0 Å². The number of aliphatic carboxylic acids is 1. The molecule has 2 N–H and O–H groups in total. The zero-order chi connectivity index (χ0) is 9.94. The number of alkyl halides is 3. The molecule has 72 valence electrons. The van der Waals surface area contributed by atoms with E-state index in [0.717, 1.165) is 0 Å². The summed E-state index contributed by atoms with van der Waals surface area (Å²) in [5.74, 6) is -1.91. The molecule has 0 spiro atoms. The van der Waals surface area contributed by atoms with E-state index in [1.54, 1.807) is 0 Å². The van der Waals surface area contributed by atoms with Crippen molar-refractivity contribution in [2.45, 2.75) is 32.1 Å². The minimum Gasteiger partial charge on any atom is -0.480 e. The van der Waals surface area contributed by atoms with Crippen LogP contribution in [0.1, 0.15) is 13.8 Å². The van der Waals surface area contributed by atoms with Gasteiger partial charge in [0.05, 0.1) is 0 Å². The average Bonchev–Trinajstić information content (AvgIpc) is 1.79. The van der Waals surface area contributed by atoms with Crippen molar-refractivity contribution in [3.63, 3.8) is 0 Å². The van der Waals surface area contributed by atoms with Crippen LogP contribution in [-0.4, -0.2) is 29.3 Å². The largest absolute Gasteiger partial charge is 0.480 e. The molecular weight excluding hydrogens is 175 g/mol. The Morgan fingerprint density at radius 1 is 1.42 bits per heavy atom. The Morgan fingerprint density at radius 3 is 1.92 bits per heavy atom. The van der Waals surface area contributed by atoms with E-state index in [4.69, 9.17) is 5.11 Å². The first kappa shape index (κ1) is 11.2. The van der Waals surface area contributed by atoms with Crippen LogP contribution in [0.5, 0.6) is 0 Å². The molecule has 0 aliphatic carbocycles. The van der Waals surface area contributed by atoms with Crippen molar-refractivity contribution >= 4 is 5.97 Å². The summed E-state index contributed by atoms with van der Waals surface area (Å²) in [7, 11) is 0. The van der Waals surface area contributed by atoms with Gasteiger partial charge in [-0.1, -0.05) is 13.8 Å². The summed E-state index contributed by atoms with van der Waals surface area (Å²) in [5, 5.41) is 10.1. The van der Waals surface area contributed by atoms with E-state index < -0.39 is 24.2 Å². The van der Waals surface area contributed by atoms with Gasteiger partial charge < -0.3 is 5.11 Å². The first-order chi connectivity index (χ1) is 5.25. The van der Waals surface area contributed by atoms with Gasteiger partial charge in [0.2, 0.25) is 6.04 Å². The number of halogens is 3. The van der Waals surface area contributed by atoms with E-state index in [9.17, 15) is 18.0 Å². The van der Waals surface area contributed by atoms with E-state index >= 15 is 0 Å². The molecule has 0 aromatic carbocycles. The molecule has 0 amide bonds. The molecule has 1 atom stereocenters. The van der Waals surface area contributed by atoms with Crippen LogP contribution in [0.25, 0.3) is 0 Å². The quantitative estimate of drug-likeness (QED) is 0.689. The van der Waals surface area contributed by atoms with E-state index in [-0.39, 0.29) is 0 Å². The summed E-state index contributed by atoms with van der Waals surface area (Å²) in [6.45, 7) is 2.89. The summed E-state index contributed by atoms with van der Waals surface area (Å²) >= 11 is 0. The molecule has 6 heteroatoms. The van der Waals surface area contributed by atoms with Crippen LogP contribution in [0.3, 0.4) is 0 Å². The van der Waals surface area contributed by atoms with Crippen molar-refractivity contribution in [3.8, 4) is 0 Å². The van der Waals surface area contributed by atoms with Gasteiger partial charge in [0.15, 0.2) is 0 Å². The van der Waals surface area contributed by atoms with E-state index in [2.05, 4.69) is 0 Å². The minimum absolute atomic E-state index is 0.521. The lowest BCUT2D eigenvalue weighted by Gasteiger charge is -2.19. The number of rotatable bonds is 3. The van der Waals surface area contributed by atoms with Gasteiger partial charge in [0, 0.05) is 6.04 Å². The average molecular weight is 185 g/mol. The lowest BCUT2D eigenvalue weighted by atomic mass is 10.2. The molecule has 0 rings (SSSR count). The van der Waals surface area contributed by atoms with Crippen LogP contribution in [0.2, 0.25) is 0 Å². The summed E-state index contributed by atoms with van der Waals surface area (Å²) in [5.41, 5.74) is 0. The summed E-state index contributed by atoms with van der Waals surface area (Å²) in [6, 6.07) is -3.00. The standard InChI is InChI=1S/C6H10F3NO2/c1-3(2)10-4(5(11)12)6(7,8)9/h3-4,10H,1-2H3,(H,11,12). The van der Waals surface area contributed by atoms with Gasteiger partial charge in [-0.25, -0.2) is 0 Å². The number of carbonyl (C=O) groups is 1. The monoisotopic (exact) mass is 185 g/mol. The fraction of sp³-hybridized carbons (Fsp3) is 0.833. The maximum atomic E-state index is 11.9. The van der Waals surface area contributed by atoms with Gasteiger partial charge in [-0.2, -0.15) is 13.2 Å². The Bertz CT molecular complexity index is 167. The molecule has 0 aromatic heterocycles. The molecule has 12 heavy (non-hydrogen) atoms. The molecule has 0 saturated heterocycles. The highest BCUT2D eigenvalue weighted by Crippen LogP contribution is 2.20. The van der Waals surface area contributed by atoms with Gasteiger partial charge in [0.25, 0.3) is 0 Å². The lowest BCUT2D eigenvalue weighted by Crippen LogP contribution is -2.50. The molecule has 0 bridgehead atoms. The van der Waals surface area contributed by atoms with Crippen molar-refractivity contribution in [1.29, 1.82) is 0 Å². The zero-order valence-electron chi connectivity index (χ0n) is 6.64. The van der Waals surface area contributed by atoms with Crippen molar-refractivity contribution < 1.29 is 23.1 Å². The Morgan fingerprint density at radius 2 is 1.83 bits per heavy atom. The third kappa shape index (κ3) is 3.56. The maximum Gasteiger partial charge on any atom is 0.414 e. The van der Waals surface area contributed by atoms with Gasteiger partial charge in [0.1, 0.15) is 0 Å². The van der Waals surface area contributed by atoms with Crippen LogP contribution in [-0.2, 0) is 4.79 Å². The van der Waals surface area contributed by atoms with E-state index in [1.165, 1.54) is 13.8 Å². The molecule has 0 aliphatic heterocycles. The molecular formula is C6H10F3NO2. The van der Waals surface area contributed by atoms with Crippen LogP contribution < -0.4 is 5.32 Å². The Kier molecular flexibility index (Phi) is 3.51. The van der Waals surface area contributed by atoms with Crippen LogP contribution in [0.15, 0.2) is 0 Å². The second-order valence-electron chi connectivity index (χ2n) is 2.63.